The zero-order chi connectivity index (χ0) is 17.5. The quantitative estimate of drug-likeness (QED) is 0.563. The lowest BCUT2D eigenvalue weighted by molar-refractivity contribution is 0.298. The molecule has 0 aliphatic carbocycles. The second-order valence-corrected chi connectivity index (χ2v) is 6.41. The van der Waals surface area contributed by atoms with Gasteiger partial charge in [0, 0.05) is 11.1 Å². The second-order valence-electron chi connectivity index (χ2n) is 6.41. The Morgan fingerprint density at radius 3 is 2.50 bits per heavy atom. The van der Waals surface area contributed by atoms with Gasteiger partial charge in [-0.05, 0) is 55.0 Å². The maximum atomic E-state index is 14.3. The highest BCUT2D eigenvalue weighted by atomic mass is 19.1. The first-order valence-corrected chi connectivity index (χ1v) is 8.64. The van der Waals surface area contributed by atoms with Gasteiger partial charge in [0.1, 0.15) is 17.3 Å². The predicted molar refractivity (Wildman–Crippen MR) is 97.3 cm³/mol. The van der Waals surface area contributed by atoms with Gasteiger partial charge < -0.3 is 9.47 Å². The standard InChI is InChI=1S/C21H27FO2/c1-5-16-8-10-18(19-14-17(23-4)9-11-20(19)22)21(13-16)24-12-6-7-15(2)3/h8-11,13-15H,5-7,12H2,1-4H3. The molecule has 0 unspecified atom stereocenters. The van der Waals surface area contributed by atoms with Crippen LogP contribution in [0.1, 0.15) is 39.2 Å². The molecule has 0 spiro atoms. The maximum Gasteiger partial charge on any atom is 0.131 e. The zero-order valence-electron chi connectivity index (χ0n) is 15.1. The van der Waals surface area contributed by atoms with Crippen LogP contribution in [-0.2, 0) is 6.42 Å². The Bertz CT molecular complexity index is 665. The van der Waals surface area contributed by atoms with Crippen molar-refractivity contribution in [2.75, 3.05) is 13.7 Å². The van der Waals surface area contributed by atoms with E-state index < -0.39 is 0 Å². The third kappa shape index (κ3) is 4.73. The highest BCUT2D eigenvalue weighted by Gasteiger charge is 2.13. The van der Waals surface area contributed by atoms with Gasteiger partial charge in [0.25, 0.3) is 0 Å². The van der Waals surface area contributed by atoms with E-state index in [4.69, 9.17) is 9.47 Å². The third-order valence-electron chi connectivity index (χ3n) is 4.10. The van der Waals surface area contributed by atoms with Crippen molar-refractivity contribution >= 4 is 0 Å². The fraction of sp³-hybridized carbons (Fsp3) is 0.429. The van der Waals surface area contributed by atoms with Crippen LogP contribution in [0.4, 0.5) is 4.39 Å². The first-order valence-electron chi connectivity index (χ1n) is 8.64. The molecule has 0 atom stereocenters. The minimum atomic E-state index is -0.271. The van der Waals surface area contributed by atoms with E-state index in [-0.39, 0.29) is 5.82 Å². The van der Waals surface area contributed by atoms with Crippen LogP contribution < -0.4 is 9.47 Å². The van der Waals surface area contributed by atoms with Crippen molar-refractivity contribution in [2.45, 2.75) is 40.0 Å². The summed E-state index contributed by atoms with van der Waals surface area (Å²) in [6, 6.07) is 10.8. The average Bonchev–Trinajstić information content (AvgIpc) is 2.59. The van der Waals surface area contributed by atoms with Crippen LogP contribution in [0.3, 0.4) is 0 Å². The van der Waals surface area contributed by atoms with E-state index in [0.29, 0.717) is 23.8 Å². The topological polar surface area (TPSA) is 18.5 Å². The highest BCUT2D eigenvalue weighted by Crippen LogP contribution is 2.35. The van der Waals surface area contributed by atoms with Crippen molar-refractivity contribution in [1.82, 2.24) is 0 Å². The molecule has 0 radical (unpaired) electrons. The fourth-order valence-electron chi connectivity index (χ4n) is 2.64. The number of hydrogen-bond acceptors (Lipinski definition) is 2. The summed E-state index contributed by atoms with van der Waals surface area (Å²) >= 11 is 0. The van der Waals surface area contributed by atoms with Gasteiger partial charge in [-0.2, -0.15) is 0 Å². The number of rotatable bonds is 8. The number of ether oxygens (including phenoxy) is 2. The molecule has 24 heavy (non-hydrogen) atoms. The van der Waals surface area contributed by atoms with Crippen LogP contribution in [0.2, 0.25) is 0 Å². The van der Waals surface area contributed by atoms with Crippen molar-refractivity contribution in [3.63, 3.8) is 0 Å². The van der Waals surface area contributed by atoms with E-state index in [0.717, 1.165) is 30.6 Å². The molecule has 0 aromatic heterocycles. The van der Waals surface area contributed by atoms with Crippen LogP contribution >= 0.6 is 0 Å². The molecule has 0 amide bonds. The monoisotopic (exact) mass is 330 g/mol. The van der Waals surface area contributed by atoms with Crippen LogP contribution in [0.5, 0.6) is 11.5 Å². The molecule has 2 nitrogen and oxygen atoms in total. The van der Waals surface area contributed by atoms with Gasteiger partial charge >= 0.3 is 0 Å². The molecule has 2 rings (SSSR count). The molecular weight excluding hydrogens is 303 g/mol. The lowest BCUT2D eigenvalue weighted by Gasteiger charge is -2.15. The molecule has 3 heteroatoms. The SMILES string of the molecule is CCc1ccc(-c2cc(OC)ccc2F)c(OCCCC(C)C)c1. The van der Waals surface area contributed by atoms with Crippen LogP contribution in [0.15, 0.2) is 36.4 Å². The summed E-state index contributed by atoms with van der Waals surface area (Å²) in [4.78, 5) is 0. The van der Waals surface area contributed by atoms with E-state index in [1.807, 2.05) is 18.2 Å². The largest absolute Gasteiger partial charge is 0.497 e. The van der Waals surface area contributed by atoms with Gasteiger partial charge in [0.15, 0.2) is 0 Å². The van der Waals surface area contributed by atoms with Crippen molar-refractivity contribution in [1.29, 1.82) is 0 Å². The Balaban J connectivity index is 2.31. The molecule has 0 fully saturated rings. The molecule has 0 bridgehead atoms. The number of halogens is 1. The minimum absolute atomic E-state index is 0.271. The van der Waals surface area contributed by atoms with E-state index in [1.54, 1.807) is 19.2 Å². The molecule has 130 valence electrons. The van der Waals surface area contributed by atoms with E-state index in [1.165, 1.54) is 11.6 Å². The first-order chi connectivity index (χ1) is 11.5. The fourth-order valence-corrected chi connectivity index (χ4v) is 2.64. The Morgan fingerprint density at radius 2 is 1.83 bits per heavy atom. The van der Waals surface area contributed by atoms with Gasteiger partial charge in [0.05, 0.1) is 13.7 Å². The minimum Gasteiger partial charge on any atom is -0.497 e. The lowest BCUT2D eigenvalue weighted by atomic mass is 10.0. The third-order valence-corrected chi connectivity index (χ3v) is 4.10. The van der Waals surface area contributed by atoms with Gasteiger partial charge in [-0.25, -0.2) is 4.39 Å². The van der Waals surface area contributed by atoms with Crippen LogP contribution in [-0.4, -0.2) is 13.7 Å². The molecule has 0 aliphatic heterocycles. The van der Waals surface area contributed by atoms with Crippen molar-refractivity contribution in [3.05, 3.63) is 47.8 Å². The Labute approximate surface area is 144 Å². The van der Waals surface area contributed by atoms with Crippen molar-refractivity contribution in [3.8, 4) is 22.6 Å². The molecule has 0 aliphatic rings. The molecule has 0 saturated carbocycles. The molecule has 0 saturated heterocycles. The number of aryl methyl sites for hydroxylation is 1. The van der Waals surface area contributed by atoms with Gasteiger partial charge in [-0.3, -0.25) is 0 Å². The summed E-state index contributed by atoms with van der Waals surface area (Å²) in [6.45, 7) is 7.15. The lowest BCUT2D eigenvalue weighted by Crippen LogP contribution is -2.02. The van der Waals surface area contributed by atoms with E-state index in [9.17, 15) is 4.39 Å². The molecule has 2 aromatic rings. The number of benzene rings is 2. The molecule has 0 N–H and O–H groups in total. The average molecular weight is 330 g/mol. The Hall–Kier alpha value is -2.03. The zero-order valence-corrected chi connectivity index (χ0v) is 15.1. The first kappa shape index (κ1) is 18.3. The van der Waals surface area contributed by atoms with E-state index in [2.05, 4.69) is 20.8 Å². The smallest absolute Gasteiger partial charge is 0.131 e. The summed E-state index contributed by atoms with van der Waals surface area (Å²) in [5, 5.41) is 0. The highest BCUT2D eigenvalue weighted by molar-refractivity contribution is 5.72. The molecule has 2 aromatic carbocycles. The Morgan fingerprint density at radius 1 is 1.04 bits per heavy atom. The van der Waals surface area contributed by atoms with Gasteiger partial charge in [0.2, 0.25) is 0 Å². The van der Waals surface area contributed by atoms with Crippen LogP contribution in [0, 0.1) is 11.7 Å². The normalized spacial score (nSPS) is 10.9. The van der Waals surface area contributed by atoms with Gasteiger partial charge in [-0.1, -0.05) is 32.9 Å². The number of methoxy groups -OCH3 is 1. The summed E-state index contributed by atoms with van der Waals surface area (Å²) in [5.74, 6) is 1.76. The second kappa shape index (κ2) is 8.72. The summed E-state index contributed by atoms with van der Waals surface area (Å²) in [6.07, 6.45) is 3.04. The molecule has 0 heterocycles. The predicted octanol–water partition coefficient (Wildman–Crippen LogP) is 5.88. The number of hydrogen-bond donors (Lipinski definition) is 0. The molecular formula is C21H27FO2. The van der Waals surface area contributed by atoms with E-state index >= 15 is 0 Å². The summed E-state index contributed by atoms with van der Waals surface area (Å²) < 4.78 is 25.6. The van der Waals surface area contributed by atoms with Crippen LogP contribution in [0.25, 0.3) is 11.1 Å². The van der Waals surface area contributed by atoms with Crippen molar-refractivity contribution < 1.29 is 13.9 Å². The van der Waals surface area contributed by atoms with Gasteiger partial charge in [-0.15, -0.1) is 0 Å². The maximum absolute atomic E-state index is 14.3. The Kier molecular flexibility index (Phi) is 6.65. The van der Waals surface area contributed by atoms with Crippen molar-refractivity contribution in [2.24, 2.45) is 5.92 Å². The summed E-state index contributed by atoms with van der Waals surface area (Å²) in [5.41, 5.74) is 2.46. The summed E-state index contributed by atoms with van der Waals surface area (Å²) in [7, 11) is 1.58.